The number of carbonyl (C=O) groups is 2. The predicted octanol–water partition coefficient (Wildman–Crippen LogP) is 0.943. The van der Waals surface area contributed by atoms with Gasteiger partial charge < -0.3 is 14.6 Å². The number of hydrogen-bond donors (Lipinski definition) is 1. The average Bonchev–Trinajstić information content (AvgIpc) is 2.13. The Morgan fingerprint density at radius 1 is 1.57 bits per heavy atom. The number of aliphatic carboxylic acids is 1. The zero-order valence-electron chi connectivity index (χ0n) is 8.06. The first kappa shape index (κ1) is 12.6. The molecule has 0 spiro atoms. The fraction of sp³-hybridized carbons (Fsp3) is 0.556. The van der Waals surface area contributed by atoms with Crippen molar-refractivity contribution < 1.29 is 24.2 Å². The largest absolute Gasteiger partial charge is 0.481 e. The van der Waals surface area contributed by atoms with Crippen molar-refractivity contribution >= 4 is 11.9 Å². The van der Waals surface area contributed by atoms with Crippen molar-refractivity contribution in [1.29, 1.82) is 0 Å². The first-order valence-corrected chi connectivity index (χ1v) is 4.26. The molecule has 0 bridgehead atoms. The van der Waals surface area contributed by atoms with Crippen LogP contribution in [-0.2, 0) is 19.1 Å². The van der Waals surface area contributed by atoms with Gasteiger partial charge in [-0.3, -0.25) is 4.79 Å². The summed E-state index contributed by atoms with van der Waals surface area (Å²) in [5, 5.41) is 8.47. The molecule has 0 radical (unpaired) electrons. The molecule has 1 atom stereocenters. The number of ether oxygens (including phenoxy) is 2. The van der Waals surface area contributed by atoms with Crippen LogP contribution in [0.4, 0.5) is 0 Å². The molecule has 1 N–H and O–H groups in total. The monoisotopic (exact) mass is 202 g/mol. The molecule has 0 aliphatic rings. The lowest BCUT2D eigenvalue weighted by molar-refractivity contribution is -0.179. The maximum atomic E-state index is 10.8. The number of carbonyl (C=O) groups excluding carboxylic acids is 1. The molecular formula is C9H14O5. The molecule has 0 aliphatic heterocycles. The van der Waals surface area contributed by atoms with Crippen LogP contribution in [0.5, 0.6) is 0 Å². The van der Waals surface area contributed by atoms with E-state index in [1.165, 1.54) is 0 Å². The summed E-state index contributed by atoms with van der Waals surface area (Å²) >= 11 is 0. The van der Waals surface area contributed by atoms with Gasteiger partial charge in [0.05, 0.1) is 6.61 Å². The molecule has 0 heterocycles. The molecule has 1 unspecified atom stereocenters. The molecule has 0 rings (SSSR count). The van der Waals surface area contributed by atoms with E-state index in [2.05, 4.69) is 11.3 Å². The summed E-state index contributed by atoms with van der Waals surface area (Å²) in [6, 6.07) is 0. The fourth-order valence-electron chi connectivity index (χ4n) is 0.704. The minimum Gasteiger partial charge on any atom is -0.481 e. The van der Waals surface area contributed by atoms with Crippen molar-refractivity contribution in [3.8, 4) is 0 Å². The zero-order valence-corrected chi connectivity index (χ0v) is 8.06. The van der Waals surface area contributed by atoms with Crippen molar-refractivity contribution in [3.63, 3.8) is 0 Å². The fourth-order valence-corrected chi connectivity index (χ4v) is 0.704. The lowest BCUT2D eigenvalue weighted by Crippen LogP contribution is -2.24. The molecule has 5 nitrogen and oxygen atoms in total. The van der Waals surface area contributed by atoms with Gasteiger partial charge in [0.25, 0.3) is 0 Å². The summed E-state index contributed by atoms with van der Waals surface area (Å²) < 4.78 is 9.66. The third-order valence-electron chi connectivity index (χ3n) is 1.26. The third kappa shape index (κ3) is 6.19. The highest BCUT2D eigenvalue weighted by molar-refractivity contribution is 5.81. The maximum Gasteiger partial charge on any atom is 0.332 e. The van der Waals surface area contributed by atoms with Gasteiger partial charge >= 0.3 is 11.9 Å². The first-order chi connectivity index (χ1) is 6.60. The molecule has 0 aliphatic carbocycles. The quantitative estimate of drug-likeness (QED) is 0.378. The van der Waals surface area contributed by atoms with E-state index in [0.29, 0.717) is 6.61 Å². The predicted molar refractivity (Wildman–Crippen MR) is 48.6 cm³/mol. The summed E-state index contributed by atoms with van der Waals surface area (Å²) in [5.41, 5.74) is 0. The highest BCUT2D eigenvalue weighted by atomic mass is 16.7. The molecule has 0 fully saturated rings. The minimum absolute atomic E-state index is 0.350. The van der Waals surface area contributed by atoms with Gasteiger partial charge in [-0.2, -0.15) is 0 Å². The van der Waals surface area contributed by atoms with Crippen molar-refractivity contribution in [2.75, 3.05) is 6.61 Å². The van der Waals surface area contributed by atoms with Crippen LogP contribution in [0.25, 0.3) is 0 Å². The standard InChI is InChI=1S/C9H14O5/c1-3-5-13-9(6-7(10)11)14-8(12)4-2/h4,9H,2-3,5-6H2,1H3,(H,10,11). The number of esters is 1. The molecule has 0 aromatic heterocycles. The molecule has 0 saturated heterocycles. The number of carboxylic acid groups (broad SMARTS) is 1. The van der Waals surface area contributed by atoms with E-state index < -0.39 is 18.2 Å². The molecule has 14 heavy (non-hydrogen) atoms. The van der Waals surface area contributed by atoms with Crippen LogP contribution in [-0.4, -0.2) is 29.9 Å². The molecule has 0 aromatic rings. The Morgan fingerprint density at radius 3 is 2.64 bits per heavy atom. The average molecular weight is 202 g/mol. The lowest BCUT2D eigenvalue weighted by Gasteiger charge is -2.14. The van der Waals surface area contributed by atoms with E-state index in [1.54, 1.807) is 0 Å². The zero-order chi connectivity index (χ0) is 11.0. The van der Waals surface area contributed by atoms with Crippen LogP contribution in [0, 0.1) is 0 Å². The van der Waals surface area contributed by atoms with Gasteiger partial charge in [-0.1, -0.05) is 13.5 Å². The summed E-state index contributed by atoms with van der Waals surface area (Å²) in [7, 11) is 0. The van der Waals surface area contributed by atoms with Crippen LogP contribution >= 0.6 is 0 Å². The van der Waals surface area contributed by atoms with Crippen molar-refractivity contribution in [2.45, 2.75) is 26.1 Å². The van der Waals surface area contributed by atoms with E-state index in [1.807, 2.05) is 6.92 Å². The SMILES string of the molecule is C=CC(=O)OC(CC(=O)O)OCCC. The highest BCUT2D eigenvalue weighted by Crippen LogP contribution is 2.02. The maximum absolute atomic E-state index is 10.8. The van der Waals surface area contributed by atoms with Crippen LogP contribution in [0.15, 0.2) is 12.7 Å². The van der Waals surface area contributed by atoms with Gasteiger partial charge in [-0.05, 0) is 6.42 Å². The number of rotatable bonds is 7. The topological polar surface area (TPSA) is 72.8 Å². The molecule has 80 valence electrons. The van der Waals surface area contributed by atoms with Crippen LogP contribution in [0.1, 0.15) is 19.8 Å². The molecule has 0 amide bonds. The Kier molecular flexibility index (Phi) is 6.39. The van der Waals surface area contributed by atoms with Crippen molar-refractivity contribution in [3.05, 3.63) is 12.7 Å². The van der Waals surface area contributed by atoms with Crippen LogP contribution in [0.3, 0.4) is 0 Å². The Bertz CT molecular complexity index is 211. The van der Waals surface area contributed by atoms with E-state index in [4.69, 9.17) is 9.84 Å². The summed E-state index contributed by atoms with van der Waals surface area (Å²) in [6.07, 6.45) is 0.295. The van der Waals surface area contributed by atoms with E-state index in [0.717, 1.165) is 12.5 Å². The summed E-state index contributed by atoms with van der Waals surface area (Å²) in [5.74, 6) is -1.77. The summed E-state index contributed by atoms with van der Waals surface area (Å²) in [6.45, 7) is 5.41. The molecule has 0 aromatic carbocycles. The van der Waals surface area contributed by atoms with Gasteiger partial charge in [-0.25, -0.2) is 4.79 Å². The first-order valence-electron chi connectivity index (χ1n) is 4.26. The molecule has 0 saturated carbocycles. The lowest BCUT2D eigenvalue weighted by atomic mass is 10.4. The Balaban J connectivity index is 4.02. The third-order valence-corrected chi connectivity index (χ3v) is 1.26. The Hall–Kier alpha value is -1.36. The van der Waals surface area contributed by atoms with Crippen LogP contribution < -0.4 is 0 Å². The molecular weight excluding hydrogens is 188 g/mol. The van der Waals surface area contributed by atoms with E-state index >= 15 is 0 Å². The van der Waals surface area contributed by atoms with E-state index in [9.17, 15) is 9.59 Å². The number of carboxylic acids is 1. The second-order valence-corrected chi connectivity index (χ2v) is 2.54. The highest BCUT2D eigenvalue weighted by Gasteiger charge is 2.16. The second kappa shape index (κ2) is 7.08. The van der Waals surface area contributed by atoms with E-state index in [-0.39, 0.29) is 6.42 Å². The van der Waals surface area contributed by atoms with Gasteiger partial charge in [0.1, 0.15) is 6.42 Å². The number of hydrogen-bond acceptors (Lipinski definition) is 4. The van der Waals surface area contributed by atoms with Crippen LogP contribution in [0.2, 0.25) is 0 Å². The second-order valence-electron chi connectivity index (χ2n) is 2.54. The van der Waals surface area contributed by atoms with Gasteiger partial charge in [0.2, 0.25) is 6.29 Å². The normalized spacial score (nSPS) is 11.8. The van der Waals surface area contributed by atoms with Crippen molar-refractivity contribution in [2.24, 2.45) is 0 Å². The smallest absolute Gasteiger partial charge is 0.332 e. The summed E-state index contributed by atoms with van der Waals surface area (Å²) in [4.78, 5) is 21.1. The van der Waals surface area contributed by atoms with Gasteiger partial charge in [0, 0.05) is 6.08 Å². The Morgan fingerprint density at radius 2 is 2.21 bits per heavy atom. The van der Waals surface area contributed by atoms with Crippen molar-refractivity contribution in [1.82, 2.24) is 0 Å². The van der Waals surface area contributed by atoms with Gasteiger partial charge in [0.15, 0.2) is 0 Å². The molecule has 5 heteroatoms. The Labute approximate surface area is 82.3 Å². The minimum atomic E-state index is -1.08. The van der Waals surface area contributed by atoms with Gasteiger partial charge in [-0.15, -0.1) is 0 Å².